The molecule has 0 aliphatic heterocycles. The van der Waals surface area contributed by atoms with E-state index in [0.29, 0.717) is 49.3 Å². The van der Waals surface area contributed by atoms with Gasteiger partial charge in [0.2, 0.25) is 23.8 Å². The van der Waals surface area contributed by atoms with Crippen molar-refractivity contribution in [1.29, 1.82) is 0 Å². The molecule has 2 aliphatic rings. The largest absolute Gasteiger partial charge is 0.372 e. The minimum Gasteiger partial charge on any atom is -0.372 e. The molecular formula is C86H100N16. The monoisotopic (exact) mass is 1360 g/mol. The maximum absolute atomic E-state index is 4.72. The topological polar surface area (TPSA) is 199 Å². The number of benzene rings is 8. The number of aromatic nitrogens is 8. The number of fused-ring (bicyclic) bond motifs is 4. The number of hydrogen-bond acceptors (Lipinski definition) is 16. The van der Waals surface area contributed by atoms with Gasteiger partial charge in [0.05, 0.1) is 22.1 Å². The van der Waals surface area contributed by atoms with Crippen molar-refractivity contribution in [2.75, 3.05) is 70.7 Å². The molecule has 4 heterocycles. The smallest absolute Gasteiger partial charge is 0.225 e. The van der Waals surface area contributed by atoms with Gasteiger partial charge in [-0.15, -0.1) is 0 Å². The quantitative estimate of drug-likeness (QED) is 0.0251. The third-order valence-electron chi connectivity index (χ3n) is 18.6. The first kappa shape index (κ1) is 72.3. The summed E-state index contributed by atoms with van der Waals surface area (Å²) in [5.41, 5.74) is 15.4. The lowest BCUT2D eigenvalue weighted by molar-refractivity contribution is 0.444. The summed E-state index contributed by atoms with van der Waals surface area (Å²) in [6.45, 7) is 7.26. The van der Waals surface area contributed by atoms with Crippen molar-refractivity contribution >= 4 is 102 Å². The number of anilines is 8. The Morgan fingerprint density at radius 1 is 0.382 bits per heavy atom. The third kappa shape index (κ3) is 20.6. The molecule has 0 unspecified atom stereocenters. The summed E-state index contributed by atoms with van der Waals surface area (Å²) in [5, 5.41) is 30.5. The van der Waals surface area contributed by atoms with Crippen molar-refractivity contribution in [2.24, 2.45) is 0 Å². The molecule has 0 bridgehead atoms. The van der Waals surface area contributed by atoms with Gasteiger partial charge >= 0.3 is 0 Å². The maximum atomic E-state index is 4.72. The van der Waals surface area contributed by atoms with Gasteiger partial charge in [0, 0.05) is 75.9 Å². The van der Waals surface area contributed by atoms with Crippen LogP contribution in [0, 0.1) is 0 Å². The van der Waals surface area contributed by atoms with Gasteiger partial charge in [-0.3, -0.25) is 0 Å². The van der Waals surface area contributed by atoms with E-state index < -0.39 is 0 Å². The molecule has 12 aromatic rings. The first-order chi connectivity index (χ1) is 50.3. The molecule has 4 aromatic heterocycles. The number of aryl methyl sites for hydroxylation is 1. The predicted octanol–water partition coefficient (Wildman–Crippen LogP) is 20.7. The van der Waals surface area contributed by atoms with Crippen LogP contribution in [0.5, 0.6) is 0 Å². The molecule has 1 saturated carbocycles. The molecule has 0 radical (unpaired) electrons. The molecule has 524 valence electrons. The summed E-state index contributed by atoms with van der Waals surface area (Å²) in [5.74, 6) is 6.76. The van der Waals surface area contributed by atoms with Gasteiger partial charge in [0.25, 0.3) is 0 Å². The summed E-state index contributed by atoms with van der Waals surface area (Å²) < 4.78 is 0. The van der Waals surface area contributed by atoms with Crippen LogP contribution in [0.1, 0.15) is 154 Å². The molecule has 0 spiro atoms. The van der Waals surface area contributed by atoms with Gasteiger partial charge in [0.1, 0.15) is 23.3 Å². The SMILES string of the molecule is CCC/C=C/c1ccc2nc(NCc3ccccc3)nc(NC)c2c1.CCCCCc1ccc2nc(NCc3ccccc3)nc(NC)c2c1.CNc1nc(NCc2ccccc2)nc2ccc(C3=CCCCC3)cc12.CNc1nc(NCc2ccccc2)nc2ccc(C3CCCCC3)cc12. The lowest BCUT2D eigenvalue weighted by Crippen LogP contribution is -2.07. The lowest BCUT2D eigenvalue weighted by Gasteiger charge is -2.22. The normalized spacial score (nSPS) is 12.8. The number of allylic oxidation sites excluding steroid dienone is 3. The zero-order chi connectivity index (χ0) is 70.5. The molecule has 8 N–H and O–H groups in total. The van der Waals surface area contributed by atoms with E-state index in [-0.39, 0.29) is 0 Å². The highest BCUT2D eigenvalue weighted by Crippen LogP contribution is 2.36. The molecule has 0 atom stereocenters. The van der Waals surface area contributed by atoms with Crippen LogP contribution in [0.4, 0.5) is 47.1 Å². The molecule has 0 saturated heterocycles. The zero-order valence-corrected chi connectivity index (χ0v) is 60.3. The Kier molecular flexibility index (Phi) is 26.9. The van der Waals surface area contributed by atoms with Crippen molar-refractivity contribution in [3.8, 4) is 0 Å². The van der Waals surface area contributed by atoms with E-state index in [9.17, 15) is 0 Å². The maximum Gasteiger partial charge on any atom is 0.225 e. The number of nitrogens with one attached hydrogen (secondary N) is 8. The molecule has 102 heavy (non-hydrogen) atoms. The minimum atomic E-state index is 0.634. The van der Waals surface area contributed by atoms with E-state index in [4.69, 9.17) is 9.97 Å². The second-order valence-electron chi connectivity index (χ2n) is 26.0. The van der Waals surface area contributed by atoms with E-state index in [1.807, 2.05) is 101 Å². The van der Waals surface area contributed by atoms with Crippen molar-refractivity contribution in [3.63, 3.8) is 0 Å². The first-order valence-electron chi connectivity index (χ1n) is 36.7. The van der Waals surface area contributed by atoms with Crippen LogP contribution in [0.15, 0.2) is 206 Å². The fourth-order valence-electron chi connectivity index (χ4n) is 13.0. The highest BCUT2D eigenvalue weighted by atomic mass is 15.2. The Bertz CT molecular complexity index is 4660. The number of nitrogens with zero attached hydrogens (tertiary/aromatic N) is 8. The van der Waals surface area contributed by atoms with Gasteiger partial charge < -0.3 is 42.5 Å². The molecular weight excluding hydrogens is 1260 g/mol. The zero-order valence-electron chi connectivity index (χ0n) is 60.3. The lowest BCUT2D eigenvalue weighted by atomic mass is 9.84. The van der Waals surface area contributed by atoms with E-state index in [0.717, 1.165) is 99.1 Å². The number of unbranched alkanes of at least 4 members (excludes halogenated alkanes) is 3. The fraction of sp³-hybridized carbons (Fsp3) is 0.302. The van der Waals surface area contributed by atoms with Gasteiger partial charge in [0.15, 0.2) is 0 Å². The Labute approximate surface area is 602 Å². The molecule has 14 rings (SSSR count). The van der Waals surface area contributed by atoms with Crippen molar-refractivity contribution in [1.82, 2.24) is 39.9 Å². The Morgan fingerprint density at radius 2 is 0.814 bits per heavy atom. The Balaban J connectivity index is 0.000000137. The molecule has 1 fully saturated rings. The van der Waals surface area contributed by atoms with Crippen LogP contribution in [-0.4, -0.2) is 68.1 Å². The number of hydrogen-bond donors (Lipinski definition) is 8. The Hall–Kier alpha value is -11.0. The molecule has 16 heteroatoms. The van der Waals surface area contributed by atoms with Gasteiger partial charge in [-0.25, -0.2) is 19.9 Å². The van der Waals surface area contributed by atoms with Gasteiger partial charge in [-0.2, -0.15) is 19.9 Å². The second-order valence-corrected chi connectivity index (χ2v) is 26.0. The third-order valence-corrected chi connectivity index (χ3v) is 18.6. The summed E-state index contributed by atoms with van der Waals surface area (Å²) in [7, 11) is 7.64. The minimum absolute atomic E-state index is 0.634. The molecule has 0 amide bonds. The van der Waals surface area contributed by atoms with Crippen LogP contribution in [0.25, 0.3) is 55.3 Å². The molecule has 2 aliphatic carbocycles. The van der Waals surface area contributed by atoms with Gasteiger partial charge in [-0.05, 0) is 162 Å². The van der Waals surface area contributed by atoms with Crippen LogP contribution in [-0.2, 0) is 32.6 Å². The van der Waals surface area contributed by atoms with Crippen LogP contribution in [0.3, 0.4) is 0 Å². The highest BCUT2D eigenvalue weighted by molar-refractivity contribution is 5.94. The number of rotatable bonds is 25. The average molecular weight is 1360 g/mol. The summed E-state index contributed by atoms with van der Waals surface area (Å²) >= 11 is 0. The first-order valence-corrected chi connectivity index (χ1v) is 36.7. The summed E-state index contributed by atoms with van der Waals surface area (Å²) in [6.07, 6.45) is 25.5. The standard InChI is InChI=1S/C22H26N4.C22H24N4.C21H26N4.C21H24N4/c2*1-23-21-19-14-18(17-10-6-3-7-11-17)12-13-20(19)25-22(26-21)24-15-16-8-4-2-5-9-16;2*1-3-4-6-9-16-12-13-19-18(14-16)20(22-2)25-21(24-19)23-15-17-10-7-5-8-11-17/h2,4-5,8-9,12-14,17H,3,6-7,10-11,15H2,1H3,(H2,23,24,25,26);2,4-5,8-10,12-14H,3,6-7,11,15H2,1H3,(H2,23,24,25,26);5,7-8,10-14H,3-4,6,9,15H2,1-2H3,(H2,22,23,24,25);5-14H,3-4,15H2,1-2H3,(H2,22,23,24,25)/b;;;9-6+. The van der Waals surface area contributed by atoms with Crippen molar-refractivity contribution < 1.29 is 0 Å². The average Bonchev–Trinajstić information content (AvgIpc) is 0.816. The molecule has 8 aromatic carbocycles. The van der Waals surface area contributed by atoms with Crippen LogP contribution in [0.2, 0.25) is 0 Å². The van der Waals surface area contributed by atoms with E-state index in [2.05, 4.69) is 226 Å². The van der Waals surface area contributed by atoms with E-state index in [1.54, 1.807) is 0 Å². The van der Waals surface area contributed by atoms with Crippen molar-refractivity contribution in [2.45, 2.75) is 142 Å². The fourth-order valence-corrected chi connectivity index (χ4v) is 13.0. The highest BCUT2D eigenvalue weighted by Gasteiger charge is 2.19. The van der Waals surface area contributed by atoms with E-state index in [1.165, 1.54) is 121 Å². The Morgan fingerprint density at radius 3 is 1.25 bits per heavy atom. The summed E-state index contributed by atoms with van der Waals surface area (Å²) in [6, 6.07) is 67.2. The van der Waals surface area contributed by atoms with Crippen LogP contribution < -0.4 is 42.5 Å². The van der Waals surface area contributed by atoms with Gasteiger partial charge in [-0.1, -0.05) is 216 Å². The van der Waals surface area contributed by atoms with E-state index >= 15 is 0 Å². The second kappa shape index (κ2) is 38.0. The predicted molar refractivity (Wildman–Crippen MR) is 431 cm³/mol. The summed E-state index contributed by atoms with van der Waals surface area (Å²) in [4.78, 5) is 37.4. The molecule has 16 nitrogen and oxygen atoms in total. The van der Waals surface area contributed by atoms with Crippen LogP contribution >= 0.6 is 0 Å². The van der Waals surface area contributed by atoms with Crippen molar-refractivity contribution in [3.05, 3.63) is 251 Å².